The first-order chi connectivity index (χ1) is 11.6. The Kier molecular flexibility index (Phi) is 9.04. The third-order valence-electron chi connectivity index (χ3n) is 3.41. The maximum Gasteiger partial charge on any atom is 0.191 e. The van der Waals surface area contributed by atoms with Crippen molar-refractivity contribution in [1.82, 2.24) is 10.6 Å². The molecule has 2 aromatic carbocycles. The largest absolute Gasteiger partial charge is 0.505 e. The number of nitrogens with zero attached hydrogens (tertiary/aromatic N) is 1. The molecule has 0 aliphatic carbocycles. The molecular weight excluding hydrogens is 436 g/mol. The molecule has 0 aliphatic rings. The lowest BCUT2D eigenvalue weighted by atomic mass is 10.2. The van der Waals surface area contributed by atoms with Gasteiger partial charge in [-0.25, -0.2) is 4.39 Å². The summed E-state index contributed by atoms with van der Waals surface area (Å²) < 4.78 is 18.9. The zero-order valence-electron chi connectivity index (χ0n) is 14.3. The van der Waals surface area contributed by atoms with Crippen LogP contribution in [0.25, 0.3) is 0 Å². The van der Waals surface area contributed by atoms with E-state index in [1.54, 1.807) is 13.1 Å². The Hall–Kier alpha value is -2.03. The lowest BCUT2D eigenvalue weighted by Gasteiger charge is -2.14. The molecule has 25 heavy (non-hydrogen) atoms. The molecule has 2 rings (SSSR count). The minimum atomic E-state index is -0.636. The van der Waals surface area contributed by atoms with Gasteiger partial charge in [-0.1, -0.05) is 24.3 Å². The zero-order chi connectivity index (χ0) is 17.4. The predicted octanol–water partition coefficient (Wildman–Crippen LogP) is 3.41. The van der Waals surface area contributed by atoms with Crippen LogP contribution in [0.15, 0.2) is 47.5 Å². The van der Waals surface area contributed by atoms with Crippen LogP contribution in [-0.2, 0) is 13.1 Å². The monoisotopic (exact) mass is 459 g/mol. The first-order valence-corrected chi connectivity index (χ1v) is 7.76. The summed E-state index contributed by atoms with van der Waals surface area (Å²) in [6.45, 7) is 3.50. The second-order valence-corrected chi connectivity index (χ2v) is 5.11. The number of ether oxygens (including phenoxy) is 1. The molecule has 0 aromatic heterocycles. The van der Waals surface area contributed by atoms with Gasteiger partial charge in [0, 0.05) is 25.7 Å². The van der Waals surface area contributed by atoms with E-state index in [1.807, 2.05) is 31.2 Å². The van der Waals surface area contributed by atoms with Gasteiger partial charge in [0.1, 0.15) is 5.75 Å². The molecule has 5 nitrogen and oxygen atoms in total. The van der Waals surface area contributed by atoms with Crippen LogP contribution >= 0.6 is 24.0 Å². The number of hydrogen-bond acceptors (Lipinski definition) is 3. The Morgan fingerprint density at radius 3 is 2.56 bits per heavy atom. The number of guanidine groups is 1. The molecular formula is C18H23FIN3O2. The zero-order valence-corrected chi connectivity index (χ0v) is 16.6. The van der Waals surface area contributed by atoms with Gasteiger partial charge in [-0.2, -0.15) is 0 Å². The van der Waals surface area contributed by atoms with E-state index in [1.165, 1.54) is 12.1 Å². The number of rotatable bonds is 6. The maximum atomic E-state index is 13.3. The fourth-order valence-corrected chi connectivity index (χ4v) is 2.19. The number of phenolic OH excluding ortho intramolecular Hbond substituents is 1. The van der Waals surface area contributed by atoms with Crippen molar-refractivity contribution in [3.05, 3.63) is 59.4 Å². The fourth-order valence-electron chi connectivity index (χ4n) is 2.19. The van der Waals surface area contributed by atoms with E-state index in [2.05, 4.69) is 15.6 Å². The van der Waals surface area contributed by atoms with E-state index in [0.717, 1.165) is 11.3 Å². The Morgan fingerprint density at radius 2 is 1.88 bits per heavy atom. The Bertz CT molecular complexity index is 710. The molecule has 0 bridgehead atoms. The predicted molar refractivity (Wildman–Crippen MR) is 108 cm³/mol. The van der Waals surface area contributed by atoms with Crippen LogP contribution in [0, 0.1) is 5.82 Å². The van der Waals surface area contributed by atoms with Gasteiger partial charge in [-0.3, -0.25) is 4.99 Å². The van der Waals surface area contributed by atoms with E-state index < -0.39 is 5.82 Å². The van der Waals surface area contributed by atoms with Crippen molar-refractivity contribution < 1.29 is 14.2 Å². The summed E-state index contributed by atoms with van der Waals surface area (Å²) in [6.07, 6.45) is 0. The molecule has 0 heterocycles. The van der Waals surface area contributed by atoms with Gasteiger partial charge in [-0.15, -0.1) is 24.0 Å². The molecule has 0 fully saturated rings. The average Bonchev–Trinajstić information content (AvgIpc) is 2.59. The summed E-state index contributed by atoms with van der Waals surface area (Å²) in [5.74, 6) is 0.440. The summed E-state index contributed by atoms with van der Waals surface area (Å²) in [4.78, 5) is 4.14. The third-order valence-corrected chi connectivity index (χ3v) is 3.41. The summed E-state index contributed by atoms with van der Waals surface area (Å²) in [5.41, 5.74) is 1.74. The molecule has 0 spiro atoms. The summed E-state index contributed by atoms with van der Waals surface area (Å²) in [5, 5.41) is 15.5. The van der Waals surface area contributed by atoms with Gasteiger partial charge >= 0.3 is 0 Å². The van der Waals surface area contributed by atoms with Gasteiger partial charge in [0.25, 0.3) is 0 Å². The van der Waals surface area contributed by atoms with E-state index in [4.69, 9.17) is 4.74 Å². The molecule has 3 N–H and O–H groups in total. The number of nitrogens with one attached hydrogen (secondary N) is 2. The second-order valence-electron chi connectivity index (χ2n) is 5.11. The van der Waals surface area contributed by atoms with Crippen LogP contribution in [0.2, 0.25) is 0 Å². The normalized spacial score (nSPS) is 10.8. The van der Waals surface area contributed by atoms with E-state index >= 15 is 0 Å². The van der Waals surface area contributed by atoms with Crippen molar-refractivity contribution in [3.63, 3.8) is 0 Å². The average molecular weight is 459 g/mol. The van der Waals surface area contributed by atoms with E-state index in [-0.39, 0.29) is 29.7 Å². The van der Waals surface area contributed by atoms with E-state index in [0.29, 0.717) is 31.2 Å². The van der Waals surface area contributed by atoms with Crippen LogP contribution in [0.4, 0.5) is 4.39 Å². The quantitative estimate of drug-likeness (QED) is 0.352. The standard InChI is InChI=1S/C18H22FN3O2.HI/c1-3-24-17-7-5-4-6-14(17)12-22-18(20-2)21-11-13-8-9-16(23)15(19)10-13;/h4-10,23H,3,11-12H2,1-2H3,(H2,20,21,22);1H. The third kappa shape index (κ3) is 6.41. The first kappa shape index (κ1) is 21.0. The van der Waals surface area contributed by atoms with Gasteiger partial charge in [0.2, 0.25) is 0 Å². The summed E-state index contributed by atoms with van der Waals surface area (Å²) >= 11 is 0. The van der Waals surface area contributed by atoms with Crippen LogP contribution < -0.4 is 15.4 Å². The molecule has 0 aliphatic heterocycles. The van der Waals surface area contributed by atoms with E-state index in [9.17, 15) is 9.50 Å². The topological polar surface area (TPSA) is 65.9 Å². The number of hydrogen-bond donors (Lipinski definition) is 3. The number of aliphatic imine (C=N–C) groups is 1. The molecule has 2 aromatic rings. The van der Waals surface area contributed by atoms with Crippen LogP contribution in [0.1, 0.15) is 18.1 Å². The highest BCUT2D eigenvalue weighted by molar-refractivity contribution is 14.0. The molecule has 136 valence electrons. The fraction of sp³-hybridized carbons (Fsp3) is 0.278. The Labute approximate surface area is 164 Å². The molecule has 0 saturated heterocycles. The number of phenols is 1. The van der Waals surface area contributed by atoms with Crippen LogP contribution in [0.3, 0.4) is 0 Å². The lowest BCUT2D eigenvalue weighted by molar-refractivity contribution is 0.336. The van der Waals surface area contributed by atoms with Crippen LogP contribution in [-0.4, -0.2) is 24.7 Å². The van der Waals surface area contributed by atoms with Crippen molar-refractivity contribution >= 4 is 29.9 Å². The number of aromatic hydroxyl groups is 1. The molecule has 7 heteroatoms. The van der Waals surface area contributed by atoms with Gasteiger partial charge in [-0.05, 0) is 30.7 Å². The lowest BCUT2D eigenvalue weighted by Crippen LogP contribution is -2.36. The number of benzene rings is 2. The second kappa shape index (κ2) is 10.8. The molecule has 0 atom stereocenters. The molecule has 0 radical (unpaired) electrons. The van der Waals surface area contributed by atoms with Crippen molar-refractivity contribution in [1.29, 1.82) is 0 Å². The highest BCUT2D eigenvalue weighted by Crippen LogP contribution is 2.18. The van der Waals surface area contributed by atoms with Crippen molar-refractivity contribution in [2.24, 2.45) is 4.99 Å². The smallest absolute Gasteiger partial charge is 0.191 e. The van der Waals surface area contributed by atoms with Crippen molar-refractivity contribution in [2.75, 3.05) is 13.7 Å². The minimum absolute atomic E-state index is 0. The highest BCUT2D eigenvalue weighted by Gasteiger charge is 2.05. The molecule has 0 saturated carbocycles. The van der Waals surface area contributed by atoms with Gasteiger partial charge in [0.15, 0.2) is 17.5 Å². The van der Waals surface area contributed by atoms with Crippen molar-refractivity contribution in [2.45, 2.75) is 20.0 Å². The highest BCUT2D eigenvalue weighted by atomic mass is 127. The Morgan fingerprint density at radius 1 is 1.16 bits per heavy atom. The Balaban J connectivity index is 0.00000312. The van der Waals surface area contributed by atoms with Crippen molar-refractivity contribution in [3.8, 4) is 11.5 Å². The number of para-hydroxylation sites is 1. The molecule has 0 unspecified atom stereocenters. The van der Waals surface area contributed by atoms with Gasteiger partial charge < -0.3 is 20.5 Å². The van der Waals surface area contributed by atoms with Gasteiger partial charge in [0.05, 0.1) is 6.61 Å². The first-order valence-electron chi connectivity index (χ1n) is 7.76. The summed E-state index contributed by atoms with van der Waals surface area (Å²) in [6, 6.07) is 12.1. The number of halogens is 2. The maximum absolute atomic E-state index is 13.3. The van der Waals surface area contributed by atoms with Crippen LogP contribution in [0.5, 0.6) is 11.5 Å². The molecule has 0 amide bonds. The SMILES string of the molecule is CCOc1ccccc1CNC(=NC)NCc1ccc(O)c(F)c1.I. The summed E-state index contributed by atoms with van der Waals surface area (Å²) in [7, 11) is 1.67. The minimum Gasteiger partial charge on any atom is -0.505 e.